The Balaban J connectivity index is 3.71. The Morgan fingerprint density at radius 1 is 1.89 bits per heavy atom. The maximum atomic E-state index is 10.0. The molecule has 0 bridgehead atoms. The zero-order valence-electron chi connectivity index (χ0n) is 5.72. The highest BCUT2D eigenvalue weighted by Gasteiger charge is 2.19. The highest BCUT2D eigenvalue weighted by Crippen LogP contribution is 2.07. The molecule has 1 unspecified atom stereocenters. The monoisotopic (exact) mass is 130 g/mol. The summed E-state index contributed by atoms with van der Waals surface area (Å²) in [5, 5.41) is 8.24. The molecule has 0 saturated heterocycles. The third-order valence-corrected chi connectivity index (χ3v) is 1.22. The van der Waals surface area contributed by atoms with Gasteiger partial charge in [-0.25, -0.2) is 0 Å². The van der Waals surface area contributed by atoms with Crippen LogP contribution in [0.2, 0.25) is 0 Å². The van der Waals surface area contributed by atoms with Gasteiger partial charge in [0.2, 0.25) is 0 Å². The van der Waals surface area contributed by atoms with E-state index < -0.39 is 11.5 Å². The average molecular weight is 130 g/mol. The molecule has 9 heavy (non-hydrogen) atoms. The van der Waals surface area contributed by atoms with Crippen molar-refractivity contribution < 1.29 is 9.90 Å². The van der Waals surface area contributed by atoms with Crippen LogP contribution in [-0.2, 0) is 4.79 Å². The van der Waals surface area contributed by atoms with Crippen LogP contribution in [0.4, 0.5) is 0 Å². The van der Waals surface area contributed by atoms with Crippen LogP contribution in [-0.4, -0.2) is 16.6 Å². The Morgan fingerprint density at radius 3 is 2.44 bits per heavy atom. The lowest BCUT2D eigenvalue weighted by Crippen LogP contribution is -2.38. The predicted molar refractivity (Wildman–Crippen MR) is 34.8 cm³/mol. The fraction of sp³-hybridized carbons (Fsp3) is 0.667. The van der Waals surface area contributed by atoms with Crippen molar-refractivity contribution in [1.29, 1.82) is 0 Å². The summed E-state index contributed by atoms with van der Waals surface area (Å²) in [6.45, 7) is 3.53. The zero-order valence-corrected chi connectivity index (χ0v) is 5.72. The number of rotatable bonds is 3. The minimum absolute atomic E-state index is 0.638. The Morgan fingerprint density at radius 2 is 2.33 bits per heavy atom. The molecule has 0 aromatic rings. The molecule has 0 aliphatic heterocycles. The first-order valence-electron chi connectivity index (χ1n) is 2.85. The van der Waals surface area contributed by atoms with E-state index in [1.165, 1.54) is 0 Å². The summed E-state index contributed by atoms with van der Waals surface area (Å²) in [6, 6.07) is 0. The second-order valence-corrected chi connectivity index (χ2v) is 2.34. The van der Waals surface area contributed by atoms with Crippen molar-refractivity contribution in [2.24, 2.45) is 5.73 Å². The number of hydrogen-bond acceptors (Lipinski definition) is 2. The van der Waals surface area contributed by atoms with Crippen molar-refractivity contribution in [1.82, 2.24) is 0 Å². The SMILES string of the molecule is CCC(C)(N)[CH]C(=O)O. The van der Waals surface area contributed by atoms with Gasteiger partial charge in [0.15, 0.2) is 0 Å². The number of aliphatic carboxylic acids is 1. The smallest absolute Gasteiger partial charge is 0.309 e. The summed E-state index contributed by atoms with van der Waals surface area (Å²) < 4.78 is 0. The van der Waals surface area contributed by atoms with Crippen molar-refractivity contribution in [3.05, 3.63) is 6.42 Å². The molecule has 0 aliphatic carbocycles. The van der Waals surface area contributed by atoms with Crippen LogP contribution < -0.4 is 5.73 Å². The second-order valence-electron chi connectivity index (χ2n) is 2.34. The van der Waals surface area contributed by atoms with Gasteiger partial charge in [0, 0.05) is 5.54 Å². The molecule has 3 heteroatoms. The van der Waals surface area contributed by atoms with Gasteiger partial charge >= 0.3 is 5.97 Å². The van der Waals surface area contributed by atoms with Crippen LogP contribution in [0.3, 0.4) is 0 Å². The summed E-state index contributed by atoms with van der Waals surface area (Å²) in [7, 11) is 0. The van der Waals surface area contributed by atoms with Gasteiger partial charge in [-0.3, -0.25) is 4.79 Å². The molecule has 0 heterocycles. The van der Waals surface area contributed by atoms with E-state index in [0.29, 0.717) is 6.42 Å². The van der Waals surface area contributed by atoms with Crippen LogP contribution in [0.15, 0.2) is 0 Å². The van der Waals surface area contributed by atoms with Crippen LogP contribution in [0, 0.1) is 6.42 Å². The zero-order chi connectivity index (χ0) is 7.49. The van der Waals surface area contributed by atoms with Gasteiger partial charge in [0.1, 0.15) is 0 Å². The summed E-state index contributed by atoms with van der Waals surface area (Å²) in [5.74, 6) is -0.957. The topological polar surface area (TPSA) is 63.3 Å². The van der Waals surface area contributed by atoms with Crippen molar-refractivity contribution in [3.8, 4) is 0 Å². The first-order valence-corrected chi connectivity index (χ1v) is 2.85. The van der Waals surface area contributed by atoms with E-state index in [2.05, 4.69) is 0 Å². The van der Waals surface area contributed by atoms with Gasteiger partial charge in [-0.2, -0.15) is 0 Å². The predicted octanol–water partition coefficient (Wildman–Crippen LogP) is 0.403. The lowest BCUT2D eigenvalue weighted by atomic mass is 9.96. The van der Waals surface area contributed by atoms with E-state index in [4.69, 9.17) is 10.8 Å². The van der Waals surface area contributed by atoms with Crippen LogP contribution >= 0.6 is 0 Å². The largest absolute Gasteiger partial charge is 0.481 e. The second kappa shape index (κ2) is 2.82. The fourth-order valence-electron chi connectivity index (χ4n) is 0.384. The number of nitrogens with two attached hydrogens (primary N) is 1. The maximum absolute atomic E-state index is 10.0. The average Bonchev–Trinajstić information content (AvgIpc) is 1.63. The standard InChI is InChI=1S/C6H12NO2/c1-3-6(2,7)4-5(8)9/h4H,3,7H2,1-2H3,(H,8,9). The van der Waals surface area contributed by atoms with Crippen molar-refractivity contribution in [2.75, 3.05) is 0 Å². The Kier molecular flexibility index (Phi) is 2.65. The number of carboxylic acids is 1. The summed E-state index contributed by atoms with van der Waals surface area (Å²) in [6.07, 6.45) is 1.74. The van der Waals surface area contributed by atoms with E-state index in [1.54, 1.807) is 6.92 Å². The van der Waals surface area contributed by atoms with Crippen molar-refractivity contribution in [2.45, 2.75) is 25.8 Å². The Labute approximate surface area is 54.9 Å². The Bertz CT molecular complexity index is 110. The first-order chi connectivity index (χ1) is 3.98. The van der Waals surface area contributed by atoms with E-state index >= 15 is 0 Å². The molecule has 1 radical (unpaired) electrons. The lowest BCUT2D eigenvalue weighted by Gasteiger charge is -2.18. The van der Waals surface area contributed by atoms with Gasteiger partial charge < -0.3 is 10.8 Å². The molecule has 0 saturated carbocycles. The molecule has 0 aliphatic rings. The normalized spacial score (nSPS) is 16.8. The van der Waals surface area contributed by atoms with Gasteiger partial charge in [0.25, 0.3) is 0 Å². The van der Waals surface area contributed by atoms with Crippen LogP contribution in [0.1, 0.15) is 20.3 Å². The van der Waals surface area contributed by atoms with Gasteiger partial charge in [-0.1, -0.05) is 6.92 Å². The Hall–Kier alpha value is -0.570. The molecule has 53 valence electrons. The minimum atomic E-state index is -0.957. The molecule has 0 aromatic heterocycles. The van der Waals surface area contributed by atoms with E-state index in [9.17, 15) is 4.79 Å². The van der Waals surface area contributed by atoms with Crippen LogP contribution in [0.25, 0.3) is 0 Å². The molecule has 0 aromatic carbocycles. The molecule has 0 amide bonds. The molecule has 3 nitrogen and oxygen atoms in total. The minimum Gasteiger partial charge on any atom is -0.481 e. The van der Waals surface area contributed by atoms with Crippen LogP contribution in [0.5, 0.6) is 0 Å². The summed E-state index contributed by atoms with van der Waals surface area (Å²) in [5.41, 5.74) is 4.82. The van der Waals surface area contributed by atoms with Gasteiger partial charge in [-0.05, 0) is 13.3 Å². The van der Waals surface area contributed by atoms with Gasteiger partial charge in [-0.15, -0.1) is 0 Å². The quantitative estimate of drug-likeness (QED) is 0.581. The summed E-state index contributed by atoms with van der Waals surface area (Å²) >= 11 is 0. The number of carbonyl (C=O) groups is 1. The molecular weight excluding hydrogens is 118 g/mol. The third kappa shape index (κ3) is 3.97. The fourth-order valence-corrected chi connectivity index (χ4v) is 0.384. The number of hydrogen-bond donors (Lipinski definition) is 2. The van der Waals surface area contributed by atoms with Crippen molar-refractivity contribution >= 4 is 5.97 Å². The van der Waals surface area contributed by atoms with E-state index in [0.717, 1.165) is 6.42 Å². The molecular formula is C6H12NO2. The number of carboxylic acid groups (broad SMARTS) is 1. The molecule has 0 fully saturated rings. The molecule has 0 rings (SSSR count). The lowest BCUT2D eigenvalue weighted by molar-refractivity contribution is -0.133. The maximum Gasteiger partial charge on any atom is 0.309 e. The van der Waals surface area contributed by atoms with E-state index in [-0.39, 0.29) is 0 Å². The molecule has 3 N–H and O–H groups in total. The molecule has 1 atom stereocenters. The van der Waals surface area contributed by atoms with E-state index in [1.807, 2.05) is 6.92 Å². The highest BCUT2D eigenvalue weighted by atomic mass is 16.4. The first kappa shape index (κ1) is 8.43. The molecule has 0 spiro atoms. The summed E-state index contributed by atoms with van der Waals surface area (Å²) in [4.78, 5) is 10.0. The van der Waals surface area contributed by atoms with Crippen molar-refractivity contribution in [3.63, 3.8) is 0 Å². The highest BCUT2D eigenvalue weighted by molar-refractivity contribution is 5.78. The van der Waals surface area contributed by atoms with Gasteiger partial charge in [0.05, 0.1) is 6.42 Å². The third-order valence-electron chi connectivity index (χ3n) is 1.22.